The molecule has 2 aromatic rings. The maximum Gasteiger partial charge on any atom is 0.334 e. The number of carbonyl (C=O) groups excluding carboxylic acids is 14. The Balaban J connectivity index is 0.000000610. The molecule has 30 nitrogen and oxygen atoms in total. The van der Waals surface area contributed by atoms with Crippen molar-refractivity contribution in [2.45, 2.75) is 275 Å². The molecule has 0 saturated carbocycles. The van der Waals surface area contributed by atoms with Crippen molar-refractivity contribution in [3.63, 3.8) is 0 Å². The molecule has 10 amide bonds. The molecule has 2 unspecified atom stereocenters. The average molecular weight is 1650 g/mol. The van der Waals surface area contributed by atoms with Gasteiger partial charge in [0.15, 0.2) is 12.2 Å². The van der Waals surface area contributed by atoms with E-state index in [2.05, 4.69) is 31.9 Å². The zero-order chi connectivity index (χ0) is 89.4. The number of nitrogens with one attached hydrogen (secondary N) is 6. The van der Waals surface area contributed by atoms with Gasteiger partial charge in [0.1, 0.15) is 60.5 Å². The van der Waals surface area contributed by atoms with Crippen LogP contribution < -0.4 is 31.9 Å². The van der Waals surface area contributed by atoms with Gasteiger partial charge in [-0.25, -0.2) is 19.2 Å². The predicted octanol–water partition coefficient (Wildman–Crippen LogP) is 6.48. The standard InChI is InChI=1S/2C44H67N5O10/c1-13-26(5)37-40(53)46-31(10)44(57)58-34(29(8)38(51)27(6)14-2)21-20-28(7)43(56)59-35(22-25(3)4)39(52)45-30(9)41(54)49(12)33(23-32-18-16-15-17-19-32)42(55)48(11)24-36(50)47-37;1-13-26(5)37-40(53)46-31(10)44(57)59-38(27(6)14-2)29(8)34(50)21-20-28(7)43(56)58-35(22-25(3)4)39(52)45-30(9)41(54)49(12)33(23-32-18-16-15-17-19-32)42(55)48(11)24-36(51)47-37/h14-20,25-26,29-31,33-35,37-38,51H,13,21-24H2,1-12H3,(H,45,52)(H,46,53)(H,47,50);14-20,25-26,29-31,33-35,37-38,50H,13,21-24H2,1-12H3,(H,45,52)(H,46,53)(H,47,51)/b2*27-14+,28-20+/t2*26?,29-,30-,31+,33+,34-,35+,37-,38+/m00/s1. The number of benzene rings is 2. The molecule has 0 radical (unpaired) electrons. The summed E-state index contributed by atoms with van der Waals surface area (Å²) in [7, 11) is 5.71. The van der Waals surface area contributed by atoms with E-state index in [1.165, 1.54) is 101 Å². The molecule has 4 rings (SSSR count). The Morgan fingerprint density at radius 2 is 0.856 bits per heavy atom. The first-order valence-corrected chi connectivity index (χ1v) is 40.9. The Bertz CT molecular complexity index is 3880. The molecule has 118 heavy (non-hydrogen) atoms. The van der Waals surface area contributed by atoms with Crippen LogP contribution in [-0.2, 0) is 98.9 Å². The number of allylic oxidation sites excluding steroid dienone is 2. The van der Waals surface area contributed by atoms with E-state index >= 15 is 0 Å². The summed E-state index contributed by atoms with van der Waals surface area (Å²) in [5.74, 6) is -11.7. The second kappa shape index (κ2) is 49.3. The number of hydrogen-bond acceptors (Lipinski definition) is 20. The van der Waals surface area contributed by atoms with Crippen molar-refractivity contribution in [3.05, 3.63) is 118 Å². The zero-order valence-electron chi connectivity index (χ0n) is 73.7. The summed E-state index contributed by atoms with van der Waals surface area (Å²) < 4.78 is 23.1. The van der Waals surface area contributed by atoms with Gasteiger partial charge in [-0.15, -0.1) is 0 Å². The number of esters is 4. The molecule has 2 heterocycles. The summed E-state index contributed by atoms with van der Waals surface area (Å²) in [6.07, 6.45) is 1.34. The first-order chi connectivity index (χ1) is 55.2. The maximum absolute atomic E-state index is 14.1. The lowest BCUT2D eigenvalue weighted by Crippen LogP contribution is -2.57. The summed E-state index contributed by atoms with van der Waals surface area (Å²) in [4.78, 5) is 196. The van der Waals surface area contributed by atoms with Crippen LogP contribution in [0.15, 0.2) is 107 Å². The minimum absolute atomic E-state index is 0.0211. The fourth-order valence-electron chi connectivity index (χ4n) is 13.1. The lowest BCUT2D eigenvalue weighted by molar-refractivity contribution is -0.157. The number of aliphatic hydroxyl groups excluding tert-OH is 2. The van der Waals surface area contributed by atoms with Crippen LogP contribution in [0, 0.1) is 35.5 Å². The van der Waals surface area contributed by atoms with Crippen LogP contribution in [0.1, 0.15) is 188 Å². The van der Waals surface area contributed by atoms with Gasteiger partial charge in [-0.05, 0) is 134 Å². The van der Waals surface area contributed by atoms with E-state index in [0.29, 0.717) is 24.0 Å². The van der Waals surface area contributed by atoms with Gasteiger partial charge in [0.05, 0.1) is 25.3 Å². The topological polar surface area (TPSA) is 401 Å². The van der Waals surface area contributed by atoms with E-state index in [1.807, 2.05) is 53.7 Å². The van der Waals surface area contributed by atoms with Gasteiger partial charge in [0, 0.05) is 70.4 Å². The molecule has 30 heteroatoms. The van der Waals surface area contributed by atoms with Crippen LogP contribution in [0.3, 0.4) is 0 Å². The molecule has 2 aliphatic rings. The van der Waals surface area contributed by atoms with Crippen molar-refractivity contribution >= 4 is 82.9 Å². The van der Waals surface area contributed by atoms with Gasteiger partial charge in [0.2, 0.25) is 47.3 Å². The third kappa shape index (κ3) is 31.6. The van der Waals surface area contributed by atoms with Crippen molar-refractivity contribution in [1.82, 2.24) is 51.5 Å². The van der Waals surface area contributed by atoms with Crippen LogP contribution in [-0.4, -0.2) is 239 Å². The number of aliphatic hydroxyl groups is 2. The Labute approximate surface area is 697 Å². The van der Waals surface area contributed by atoms with Crippen molar-refractivity contribution in [1.29, 1.82) is 0 Å². The minimum atomic E-state index is -1.28. The number of likely N-dealkylation sites (N-methyl/N-ethyl adjacent to an activating group) is 4. The number of cyclic esters (lactones) is 4. The van der Waals surface area contributed by atoms with E-state index in [4.69, 9.17) is 18.9 Å². The van der Waals surface area contributed by atoms with Gasteiger partial charge in [-0.2, -0.15) is 0 Å². The summed E-state index contributed by atoms with van der Waals surface area (Å²) in [5.41, 5.74) is 2.99. The highest BCUT2D eigenvalue weighted by atomic mass is 16.6. The monoisotopic (exact) mass is 1650 g/mol. The van der Waals surface area contributed by atoms with Crippen molar-refractivity contribution in [2.24, 2.45) is 35.5 Å². The highest BCUT2D eigenvalue weighted by Crippen LogP contribution is 2.27. The van der Waals surface area contributed by atoms with Crippen molar-refractivity contribution < 1.29 is 96.3 Å². The SMILES string of the molecule is C/C=C(\C)[C@@H](O)[C@@H](C)[C@@H]1C/C=C(\C)C(=O)O[C@H](CC(C)C)C(=O)N[C@@H](C)C(=O)N(C)[C@H](Cc2ccccc2)C(=O)N(C)CC(=O)N[C@@H](C(C)CC)C(=O)N[C@H](C)C(=O)O1.C/C=C(\C)[C@H]1OC(=O)[C@@H](C)NC(=O)[C@H](C(C)CC)NC(=O)CN(C)C(=O)[C@@H](Cc2ccccc2)N(C)C(=O)[C@H](C)NC(=O)[C@@H](CC(C)C)OC(=O)/C(C)=C/C[C@H](O)[C@@H]1C. The molecule has 2 aromatic carbocycles. The Kier molecular flexibility index (Phi) is 42.7. The Morgan fingerprint density at radius 1 is 0.492 bits per heavy atom. The van der Waals surface area contributed by atoms with Crippen molar-refractivity contribution in [3.8, 4) is 0 Å². The van der Waals surface area contributed by atoms with Gasteiger partial charge >= 0.3 is 23.9 Å². The first kappa shape index (κ1) is 102. The molecular formula is C88H134N10O20. The predicted molar refractivity (Wildman–Crippen MR) is 446 cm³/mol. The number of rotatable bonds is 16. The molecular weight excluding hydrogens is 1520 g/mol. The molecule has 0 bridgehead atoms. The van der Waals surface area contributed by atoms with Crippen LogP contribution in [0.5, 0.6) is 0 Å². The lowest BCUT2D eigenvalue weighted by Gasteiger charge is -2.33. The molecule has 656 valence electrons. The maximum atomic E-state index is 14.1. The summed E-state index contributed by atoms with van der Waals surface area (Å²) >= 11 is 0. The molecule has 18 atom stereocenters. The van der Waals surface area contributed by atoms with E-state index in [9.17, 15) is 77.3 Å². The number of carbonyl (C=O) groups is 14. The summed E-state index contributed by atoms with van der Waals surface area (Å²) in [6.45, 7) is 32.9. The van der Waals surface area contributed by atoms with Gasteiger partial charge in [-0.3, -0.25) is 47.9 Å². The molecule has 2 aliphatic heterocycles. The largest absolute Gasteiger partial charge is 0.460 e. The second-order valence-corrected chi connectivity index (χ2v) is 32.4. The van der Waals surface area contributed by atoms with Gasteiger partial charge < -0.3 is 80.7 Å². The van der Waals surface area contributed by atoms with Crippen LogP contribution in [0.25, 0.3) is 0 Å². The highest BCUT2D eigenvalue weighted by molar-refractivity contribution is 5.98. The number of ether oxygens (including phenoxy) is 4. The van der Waals surface area contributed by atoms with Gasteiger partial charge in [-0.1, -0.05) is 167 Å². The quantitative estimate of drug-likeness (QED) is 0.0506. The minimum Gasteiger partial charge on any atom is -0.460 e. The van der Waals surface area contributed by atoms with Crippen molar-refractivity contribution in [2.75, 3.05) is 41.3 Å². The first-order valence-electron chi connectivity index (χ1n) is 40.9. The summed E-state index contributed by atoms with van der Waals surface area (Å²) in [5, 5.41) is 38.4. The van der Waals surface area contributed by atoms with Crippen LogP contribution in [0.2, 0.25) is 0 Å². The van der Waals surface area contributed by atoms with Crippen LogP contribution >= 0.6 is 0 Å². The zero-order valence-corrected chi connectivity index (χ0v) is 73.7. The third-order valence-corrected chi connectivity index (χ3v) is 21.7. The molecule has 0 aromatic heterocycles. The van der Waals surface area contributed by atoms with E-state index in [0.717, 1.165) is 11.1 Å². The highest BCUT2D eigenvalue weighted by Gasteiger charge is 2.41. The fourth-order valence-corrected chi connectivity index (χ4v) is 13.1. The molecule has 0 fully saturated rings. The average Bonchev–Trinajstić information content (AvgIpc) is 0.828. The van der Waals surface area contributed by atoms with E-state index in [-0.39, 0.29) is 73.3 Å². The van der Waals surface area contributed by atoms with E-state index < -0.39 is 193 Å². The Hall–Kier alpha value is -10.1. The second-order valence-electron chi connectivity index (χ2n) is 32.4. The fraction of sp³-hybridized carbons (Fsp3) is 0.614. The normalized spacial score (nSPS) is 27.9. The molecule has 0 spiro atoms. The number of amides is 10. The smallest absolute Gasteiger partial charge is 0.334 e. The van der Waals surface area contributed by atoms with Gasteiger partial charge in [0.25, 0.3) is 11.8 Å². The lowest BCUT2D eigenvalue weighted by atomic mass is 9.90. The molecule has 0 saturated heterocycles. The number of nitrogens with zero attached hydrogens (tertiary/aromatic N) is 4. The van der Waals surface area contributed by atoms with Crippen LogP contribution in [0.4, 0.5) is 0 Å². The van der Waals surface area contributed by atoms with E-state index in [1.54, 1.807) is 116 Å². The molecule has 8 N–H and O–H groups in total. The Morgan fingerprint density at radius 3 is 1.21 bits per heavy atom. The third-order valence-electron chi connectivity index (χ3n) is 21.7. The number of hydrogen-bond donors (Lipinski definition) is 8. The summed E-state index contributed by atoms with van der Waals surface area (Å²) in [6, 6.07) is 9.03. The molecule has 0 aliphatic carbocycles.